The smallest absolute Gasteiger partial charge is 0.321 e. The largest absolute Gasteiger partial charge is 0.416 e. The Bertz CT molecular complexity index is 680. The number of anilines is 1. The maximum atomic E-state index is 12.5. The zero-order valence-corrected chi connectivity index (χ0v) is 13.2. The summed E-state index contributed by atoms with van der Waals surface area (Å²) >= 11 is 1.49. The summed E-state index contributed by atoms with van der Waals surface area (Å²) in [5.41, 5.74) is 0.884. The number of fused-ring (bicyclic) bond motifs is 1. The van der Waals surface area contributed by atoms with E-state index in [1.165, 1.54) is 40.3 Å². The molecule has 0 saturated heterocycles. The molecule has 1 amide bonds. The Kier molecular flexibility index (Phi) is 4.43. The summed E-state index contributed by atoms with van der Waals surface area (Å²) in [6.45, 7) is 0. The van der Waals surface area contributed by atoms with Crippen molar-refractivity contribution in [2.45, 2.75) is 38.3 Å². The molecule has 1 aromatic heterocycles. The summed E-state index contributed by atoms with van der Waals surface area (Å²) in [6, 6.07) is 6.42. The summed E-state index contributed by atoms with van der Waals surface area (Å²) < 4.78 is 37.6. The van der Waals surface area contributed by atoms with Gasteiger partial charge in [0.05, 0.1) is 10.4 Å². The number of aryl methyl sites for hydroxylation is 2. The van der Waals surface area contributed by atoms with Crippen LogP contribution in [0, 0.1) is 0 Å². The summed E-state index contributed by atoms with van der Waals surface area (Å²) in [4.78, 5) is 14.2. The lowest BCUT2D eigenvalue weighted by atomic mass is 10.1. The van der Waals surface area contributed by atoms with Gasteiger partial charge in [-0.1, -0.05) is 6.42 Å². The molecule has 0 aliphatic heterocycles. The second kappa shape index (κ2) is 6.35. The number of thiophene rings is 1. The van der Waals surface area contributed by atoms with Gasteiger partial charge >= 0.3 is 6.18 Å². The molecule has 0 atom stereocenters. The van der Waals surface area contributed by atoms with Gasteiger partial charge in [-0.3, -0.25) is 4.79 Å². The molecule has 1 aliphatic rings. The SMILES string of the molecule is O=C(Nc1ccc(C(F)(F)F)cc1)c1cc2c(s1)CCCCC2. The molecule has 0 bridgehead atoms. The van der Waals surface area contributed by atoms with Crippen LogP contribution >= 0.6 is 11.3 Å². The molecule has 0 unspecified atom stereocenters. The fourth-order valence-corrected chi connectivity index (χ4v) is 3.86. The van der Waals surface area contributed by atoms with E-state index in [-0.39, 0.29) is 5.91 Å². The standard InChI is InChI=1S/C17H16F3NOS/c18-17(19,20)12-6-8-13(9-7-12)21-16(22)15-10-11-4-2-1-3-5-14(11)23-15/h6-10H,1-5H2,(H,21,22). The van der Waals surface area contributed by atoms with Crippen molar-refractivity contribution in [1.82, 2.24) is 0 Å². The highest BCUT2D eigenvalue weighted by atomic mass is 32.1. The van der Waals surface area contributed by atoms with Gasteiger partial charge in [-0.25, -0.2) is 0 Å². The second-order valence-corrected chi connectivity index (χ2v) is 6.79. The number of amides is 1. The molecule has 3 rings (SSSR count). The van der Waals surface area contributed by atoms with Gasteiger partial charge in [-0.05, 0) is 61.6 Å². The third-order valence-corrected chi connectivity index (χ3v) is 5.18. The van der Waals surface area contributed by atoms with Gasteiger partial charge in [0.2, 0.25) is 0 Å². The Morgan fingerprint density at radius 1 is 1.04 bits per heavy atom. The Labute approximate surface area is 136 Å². The van der Waals surface area contributed by atoms with Gasteiger partial charge in [0.1, 0.15) is 0 Å². The van der Waals surface area contributed by atoms with Crippen LogP contribution in [0.5, 0.6) is 0 Å². The number of halogens is 3. The molecule has 1 aromatic carbocycles. The topological polar surface area (TPSA) is 29.1 Å². The number of carbonyl (C=O) groups is 1. The van der Waals surface area contributed by atoms with Crippen molar-refractivity contribution in [2.24, 2.45) is 0 Å². The Morgan fingerprint density at radius 3 is 2.43 bits per heavy atom. The Morgan fingerprint density at radius 2 is 1.74 bits per heavy atom. The first-order chi connectivity index (χ1) is 10.9. The first-order valence-electron chi connectivity index (χ1n) is 7.54. The normalized spacial score (nSPS) is 14.9. The molecular formula is C17H16F3NOS. The van der Waals surface area contributed by atoms with E-state index in [2.05, 4.69) is 5.32 Å². The van der Waals surface area contributed by atoms with Crippen LogP contribution in [0.3, 0.4) is 0 Å². The number of alkyl halides is 3. The molecule has 2 nitrogen and oxygen atoms in total. The van der Waals surface area contributed by atoms with Gasteiger partial charge < -0.3 is 5.32 Å². The van der Waals surface area contributed by atoms with E-state index in [4.69, 9.17) is 0 Å². The monoisotopic (exact) mass is 339 g/mol. The molecule has 0 radical (unpaired) electrons. The van der Waals surface area contributed by atoms with Crippen LogP contribution in [0.2, 0.25) is 0 Å². The summed E-state index contributed by atoms with van der Waals surface area (Å²) in [5.74, 6) is -0.261. The number of rotatable bonds is 2. The summed E-state index contributed by atoms with van der Waals surface area (Å²) in [7, 11) is 0. The minimum atomic E-state index is -4.37. The minimum Gasteiger partial charge on any atom is -0.321 e. The van der Waals surface area contributed by atoms with Crippen LogP contribution in [-0.2, 0) is 19.0 Å². The van der Waals surface area contributed by atoms with Gasteiger partial charge in [-0.15, -0.1) is 11.3 Å². The van der Waals surface area contributed by atoms with Crippen molar-refractivity contribution in [3.8, 4) is 0 Å². The highest BCUT2D eigenvalue weighted by Crippen LogP contribution is 2.31. The van der Waals surface area contributed by atoms with Crippen LogP contribution < -0.4 is 5.32 Å². The lowest BCUT2D eigenvalue weighted by molar-refractivity contribution is -0.137. The van der Waals surface area contributed by atoms with Crippen LogP contribution in [0.4, 0.5) is 18.9 Å². The first kappa shape index (κ1) is 16.1. The van der Waals surface area contributed by atoms with Gasteiger partial charge in [-0.2, -0.15) is 13.2 Å². The van der Waals surface area contributed by atoms with Crippen LogP contribution in [0.1, 0.15) is 44.9 Å². The van der Waals surface area contributed by atoms with Crippen molar-refractivity contribution >= 4 is 22.9 Å². The molecule has 2 aromatic rings. The highest BCUT2D eigenvalue weighted by Gasteiger charge is 2.30. The lowest BCUT2D eigenvalue weighted by Gasteiger charge is -2.08. The van der Waals surface area contributed by atoms with Crippen LogP contribution in [0.15, 0.2) is 30.3 Å². The number of hydrogen-bond donors (Lipinski definition) is 1. The first-order valence-corrected chi connectivity index (χ1v) is 8.35. The average Bonchev–Trinajstić information content (AvgIpc) is 2.78. The van der Waals surface area contributed by atoms with E-state index in [1.54, 1.807) is 0 Å². The molecule has 1 N–H and O–H groups in total. The van der Waals surface area contributed by atoms with Crippen molar-refractivity contribution in [3.63, 3.8) is 0 Å². The van der Waals surface area contributed by atoms with Gasteiger partial charge in [0.15, 0.2) is 0 Å². The maximum Gasteiger partial charge on any atom is 0.416 e. The van der Waals surface area contributed by atoms with Crippen molar-refractivity contribution in [3.05, 3.63) is 51.2 Å². The van der Waals surface area contributed by atoms with E-state index >= 15 is 0 Å². The Hall–Kier alpha value is -1.82. The summed E-state index contributed by atoms with van der Waals surface area (Å²) in [5, 5.41) is 2.67. The van der Waals surface area contributed by atoms with E-state index in [9.17, 15) is 18.0 Å². The van der Waals surface area contributed by atoms with Crippen LogP contribution in [0.25, 0.3) is 0 Å². The van der Waals surface area contributed by atoms with Gasteiger partial charge in [0, 0.05) is 10.6 Å². The predicted octanol–water partition coefficient (Wildman–Crippen LogP) is 5.29. The second-order valence-electron chi connectivity index (χ2n) is 5.65. The third-order valence-electron chi connectivity index (χ3n) is 3.94. The van der Waals surface area contributed by atoms with Gasteiger partial charge in [0.25, 0.3) is 5.91 Å². The molecule has 122 valence electrons. The zero-order chi connectivity index (χ0) is 16.4. The van der Waals surface area contributed by atoms with Crippen molar-refractivity contribution in [1.29, 1.82) is 0 Å². The lowest BCUT2D eigenvalue weighted by Crippen LogP contribution is -2.11. The number of hydrogen-bond acceptors (Lipinski definition) is 2. The molecule has 6 heteroatoms. The molecule has 0 spiro atoms. The Balaban J connectivity index is 1.72. The predicted molar refractivity (Wildman–Crippen MR) is 85.0 cm³/mol. The van der Waals surface area contributed by atoms with E-state index in [0.29, 0.717) is 10.6 Å². The molecule has 23 heavy (non-hydrogen) atoms. The van der Waals surface area contributed by atoms with Crippen LogP contribution in [-0.4, -0.2) is 5.91 Å². The number of benzene rings is 1. The summed E-state index contributed by atoms with van der Waals surface area (Å²) in [6.07, 6.45) is 1.15. The third kappa shape index (κ3) is 3.75. The fraction of sp³-hybridized carbons (Fsp3) is 0.353. The van der Waals surface area contributed by atoms with E-state index in [0.717, 1.165) is 37.8 Å². The number of carbonyl (C=O) groups excluding carboxylic acids is 1. The minimum absolute atomic E-state index is 0.261. The van der Waals surface area contributed by atoms with E-state index in [1.807, 2.05) is 6.07 Å². The zero-order valence-electron chi connectivity index (χ0n) is 12.4. The maximum absolute atomic E-state index is 12.5. The fourth-order valence-electron chi connectivity index (χ4n) is 2.71. The molecule has 1 aliphatic carbocycles. The van der Waals surface area contributed by atoms with Crippen molar-refractivity contribution < 1.29 is 18.0 Å². The van der Waals surface area contributed by atoms with E-state index < -0.39 is 11.7 Å². The average molecular weight is 339 g/mol. The molecule has 1 heterocycles. The van der Waals surface area contributed by atoms with Crippen molar-refractivity contribution in [2.75, 3.05) is 5.32 Å². The quantitative estimate of drug-likeness (QED) is 0.740. The molecular weight excluding hydrogens is 323 g/mol. The highest BCUT2D eigenvalue weighted by molar-refractivity contribution is 7.14. The number of nitrogens with one attached hydrogen (secondary N) is 1. The molecule has 0 saturated carbocycles. The molecule has 0 fully saturated rings.